The van der Waals surface area contributed by atoms with Crippen LogP contribution in [0.5, 0.6) is 0 Å². The van der Waals surface area contributed by atoms with E-state index in [9.17, 15) is 9.90 Å². The van der Waals surface area contributed by atoms with Crippen LogP contribution >= 0.6 is 0 Å². The first-order valence-corrected chi connectivity index (χ1v) is 8.61. The van der Waals surface area contributed by atoms with E-state index in [1.165, 1.54) is 12.8 Å². The highest BCUT2D eigenvalue weighted by Crippen LogP contribution is 2.28. The lowest BCUT2D eigenvalue weighted by molar-refractivity contribution is 0.0906. The largest absolute Gasteiger partial charge is 0.393 e. The van der Waals surface area contributed by atoms with Crippen LogP contribution in [0.2, 0.25) is 0 Å². The van der Waals surface area contributed by atoms with Gasteiger partial charge in [-0.25, -0.2) is 0 Å². The van der Waals surface area contributed by atoms with Crippen molar-refractivity contribution in [3.8, 4) is 0 Å². The van der Waals surface area contributed by atoms with Crippen LogP contribution < -0.4 is 10.2 Å². The Morgan fingerprint density at radius 3 is 2.52 bits per heavy atom. The number of aliphatic hydroxyl groups excluding tert-OH is 1. The third-order valence-corrected chi connectivity index (χ3v) is 4.54. The quantitative estimate of drug-likeness (QED) is 0.753. The number of nitrogens with zero attached hydrogens (tertiary/aromatic N) is 1. The molecule has 1 amide bonds. The molecule has 1 heterocycles. The predicted molar refractivity (Wildman–Crippen MR) is 89.8 cm³/mol. The molecule has 2 aliphatic rings. The van der Waals surface area contributed by atoms with E-state index in [1.807, 2.05) is 24.3 Å². The van der Waals surface area contributed by atoms with Gasteiger partial charge >= 0.3 is 0 Å². The third-order valence-electron chi connectivity index (χ3n) is 4.54. The number of rotatable bonds is 7. The summed E-state index contributed by atoms with van der Waals surface area (Å²) in [6.07, 6.45) is 4.02. The molecule has 0 unspecified atom stereocenters. The molecule has 3 rings (SSSR count). The minimum atomic E-state index is -0.168. The summed E-state index contributed by atoms with van der Waals surface area (Å²) in [4.78, 5) is 14.3. The Balaban J connectivity index is 1.41. The molecule has 2 N–H and O–H groups in total. The molecule has 1 aromatic rings. The maximum Gasteiger partial charge on any atom is 0.251 e. The molecule has 1 aliphatic heterocycles. The van der Waals surface area contributed by atoms with Crippen molar-refractivity contribution in [2.24, 2.45) is 5.92 Å². The summed E-state index contributed by atoms with van der Waals surface area (Å²) in [5.41, 5.74) is 1.79. The summed E-state index contributed by atoms with van der Waals surface area (Å²) in [7, 11) is 0. The van der Waals surface area contributed by atoms with Crippen LogP contribution in [-0.2, 0) is 4.74 Å². The van der Waals surface area contributed by atoms with E-state index in [0.29, 0.717) is 18.7 Å². The first kappa shape index (κ1) is 16.3. The molecule has 0 aromatic heterocycles. The monoisotopic (exact) mass is 318 g/mol. The Labute approximate surface area is 137 Å². The van der Waals surface area contributed by atoms with Gasteiger partial charge in [-0.2, -0.15) is 0 Å². The highest BCUT2D eigenvalue weighted by molar-refractivity contribution is 5.94. The van der Waals surface area contributed by atoms with Crippen LogP contribution in [-0.4, -0.2) is 50.0 Å². The number of amides is 1. The minimum Gasteiger partial charge on any atom is -0.393 e. The molecule has 0 radical (unpaired) electrons. The van der Waals surface area contributed by atoms with Crippen molar-refractivity contribution in [1.29, 1.82) is 0 Å². The average molecular weight is 318 g/mol. The van der Waals surface area contributed by atoms with Crippen LogP contribution in [0.15, 0.2) is 24.3 Å². The number of piperidine rings is 1. The maximum atomic E-state index is 12.1. The molecule has 2 fully saturated rings. The van der Waals surface area contributed by atoms with Crippen LogP contribution in [0, 0.1) is 5.92 Å². The molecule has 126 valence electrons. The van der Waals surface area contributed by atoms with E-state index in [-0.39, 0.29) is 12.0 Å². The first-order chi connectivity index (χ1) is 11.2. The average Bonchev–Trinajstić information content (AvgIpc) is 3.39. The summed E-state index contributed by atoms with van der Waals surface area (Å²) in [6, 6.07) is 7.69. The van der Waals surface area contributed by atoms with Crippen molar-refractivity contribution >= 4 is 11.6 Å². The molecule has 0 atom stereocenters. The molecule has 1 aliphatic carbocycles. The van der Waals surface area contributed by atoms with Gasteiger partial charge in [-0.3, -0.25) is 4.79 Å². The van der Waals surface area contributed by atoms with Crippen molar-refractivity contribution in [1.82, 2.24) is 5.32 Å². The SMILES string of the molecule is O=C(NCCOCC1CC1)c1ccc(N2CCC(O)CC2)cc1. The lowest BCUT2D eigenvalue weighted by atomic mass is 10.1. The smallest absolute Gasteiger partial charge is 0.251 e. The molecular weight excluding hydrogens is 292 g/mol. The number of benzene rings is 1. The van der Waals surface area contributed by atoms with Gasteiger partial charge in [-0.15, -0.1) is 0 Å². The van der Waals surface area contributed by atoms with E-state index < -0.39 is 0 Å². The number of hydrogen-bond acceptors (Lipinski definition) is 4. The second kappa shape index (κ2) is 7.79. The molecule has 5 nitrogen and oxygen atoms in total. The molecule has 23 heavy (non-hydrogen) atoms. The first-order valence-electron chi connectivity index (χ1n) is 8.61. The van der Waals surface area contributed by atoms with Crippen LogP contribution in [0.3, 0.4) is 0 Å². The van der Waals surface area contributed by atoms with Crippen LogP contribution in [0.4, 0.5) is 5.69 Å². The fraction of sp³-hybridized carbons (Fsp3) is 0.611. The van der Waals surface area contributed by atoms with Crippen molar-refractivity contribution < 1.29 is 14.6 Å². The molecule has 0 spiro atoms. The standard InChI is InChI=1S/C18H26N2O3/c21-17-7-10-20(11-8-17)16-5-3-15(4-6-16)18(22)19-9-12-23-13-14-1-2-14/h3-6,14,17,21H,1-2,7-13H2,(H,19,22). The van der Waals surface area contributed by atoms with E-state index >= 15 is 0 Å². The second-order valence-electron chi connectivity index (χ2n) is 6.54. The number of aliphatic hydroxyl groups is 1. The number of carbonyl (C=O) groups is 1. The number of anilines is 1. The Hall–Kier alpha value is -1.59. The Morgan fingerprint density at radius 1 is 1.17 bits per heavy atom. The van der Waals surface area contributed by atoms with E-state index in [0.717, 1.165) is 44.1 Å². The highest BCUT2D eigenvalue weighted by atomic mass is 16.5. The van der Waals surface area contributed by atoms with Crippen molar-refractivity contribution in [2.75, 3.05) is 37.7 Å². The molecule has 5 heteroatoms. The van der Waals surface area contributed by atoms with Crippen molar-refractivity contribution in [2.45, 2.75) is 31.8 Å². The zero-order valence-electron chi connectivity index (χ0n) is 13.5. The third kappa shape index (κ3) is 4.94. The Bertz CT molecular complexity index is 506. The molecule has 1 saturated heterocycles. The summed E-state index contributed by atoms with van der Waals surface area (Å²) in [6.45, 7) is 3.69. The number of hydrogen-bond donors (Lipinski definition) is 2. The van der Waals surface area contributed by atoms with Gasteiger partial charge in [0.15, 0.2) is 0 Å². The summed E-state index contributed by atoms with van der Waals surface area (Å²) >= 11 is 0. The summed E-state index contributed by atoms with van der Waals surface area (Å²) in [5, 5.41) is 12.4. The lowest BCUT2D eigenvalue weighted by Crippen LogP contribution is -2.35. The van der Waals surface area contributed by atoms with E-state index in [1.54, 1.807) is 0 Å². The van der Waals surface area contributed by atoms with E-state index in [2.05, 4.69) is 10.2 Å². The summed E-state index contributed by atoms with van der Waals surface area (Å²) in [5.74, 6) is 0.704. The zero-order valence-corrected chi connectivity index (χ0v) is 13.5. The number of carbonyl (C=O) groups excluding carboxylic acids is 1. The zero-order chi connectivity index (χ0) is 16.1. The number of nitrogens with one attached hydrogen (secondary N) is 1. The van der Waals surface area contributed by atoms with Gasteiger partial charge in [0.25, 0.3) is 5.91 Å². The minimum absolute atomic E-state index is 0.0550. The van der Waals surface area contributed by atoms with Crippen LogP contribution in [0.1, 0.15) is 36.0 Å². The van der Waals surface area contributed by atoms with Gasteiger partial charge in [0.2, 0.25) is 0 Å². The fourth-order valence-corrected chi connectivity index (χ4v) is 2.82. The van der Waals surface area contributed by atoms with Gasteiger partial charge in [-0.05, 0) is 55.9 Å². The molecule has 1 saturated carbocycles. The maximum absolute atomic E-state index is 12.1. The molecule has 1 aromatic carbocycles. The Morgan fingerprint density at radius 2 is 1.87 bits per heavy atom. The van der Waals surface area contributed by atoms with Gasteiger partial charge in [0.05, 0.1) is 12.7 Å². The highest BCUT2D eigenvalue weighted by Gasteiger charge is 2.21. The summed E-state index contributed by atoms with van der Waals surface area (Å²) < 4.78 is 5.51. The lowest BCUT2D eigenvalue weighted by Gasteiger charge is -2.31. The van der Waals surface area contributed by atoms with Crippen molar-refractivity contribution in [3.63, 3.8) is 0 Å². The number of ether oxygens (including phenoxy) is 1. The fourth-order valence-electron chi connectivity index (χ4n) is 2.82. The Kier molecular flexibility index (Phi) is 5.51. The van der Waals surface area contributed by atoms with Gasteiger partial charge < -0.3 is 20.1 Å². The van der Waals surface area contributed by atoms with Gasteiger partial charge in [0.1, 0.15) is 0 Å². The molecular formula is C18H26N2O3. The second-order valence-corrected chi connectivity index (χ2v) is 6.54. The van der Waals surface area contributed by atoms with Crippen LogP contribution in [0.25, 0.3) is 0 Å². The predicted octanol–water partition coefficient (Wildman–Crippen LogP) is 1.80. The van der Waals surface area contributed by atoms with E-state index in [4.69, 9.17) is 4.74 Å². The van der Waals surface area contributed by atoms with Gasteiger partial charge in [-0.1, -0.05) is 0 Å². The normalized spacial score (nSPS) is 18.9. The molecule has 0 bridgehead atoms. The van der Waals surface area contributed by atoms with Gasteiger partial charge in [0, 0.05) is 37.5 Å². The van der Waals surface area contributed by atoms with Crippen molar-refractivity contribution in [3.05, 3.63) is 29.8 Å². The topological polar surface area (TPSA) is 61.8 Å².